The van der Waals surface area contributed by atoms with Gasteiger partial charge >= 0.3 is 5.92 Å². The van der Waals surface area contributed by atoms with Crippen molar-refractivity contribution in [3.63, 3.8) is 0 Å². The predicted octanol–water partition coefficient (Wildman–Crippen LogP) is 2.01. The first-order valence-electron chi connectivity index (χ1n) is 6.68. The van der Waals surface area contributed by atoms with E-state index in [2.05, 4.69) is 10.4 Å². The van der Waals surface area contributed by atoms with Crippen molar-refractivity contribution >= 4 is 11.6 Å². The summed E-state index contributed by atoms with van der Waals surface area (Å²) in [5, 5.41) is 16.1. The SMILES string of the molecule is CCn1nc(C)c(NC(=O)C(F)(F)C2(O)CCC2)c1C. The van der Waals surface area contributed by atoms with Crippen molar-refractivity contribution in [2.75, 3.05) is 5.32 Å². The second-order valence-electron chi connectivity index (χ2n) is 5.28. The highest BCUT2D eigenvalue weighted by Crippen LogP contribution is 2.44. The maximum Gasteiger partial charge on any atom is 0.352 e. The fourth-order valence-corrected chi connectivity index (χ4v) is 2.41. The highest BCUT2D eigenvalue weighted by atomic mass is 19.3. The van der Waals surface area contributed by atoms with Crippen molar-refractivity contribution in [1.29, 1.82) is 0 Å². The average Bonchev–Trinajstić information content (AvgIpc) is 2.62. The van der Waals surface area contributed by atoms with Gasteiger partial charge in [0.15, 0.2) is 0 Å². The number of carbonyl (C=O) groups excluding carboxylic acids is 1. The number of hydrogen-bond donors (Lipinski definition) is 2. The molecule has 0 radical (unpaired) electrons. The molecule has 2 N–H and O–H groups in total. The van der Waals surface area contributed by atoms with Gasteiger partial charge in [-0.25, -0.2) is 0 Å². The minimum absolute atomic E-state index is 0.0559. The van der Waals surface area contributed by atoms with Crippen molar-refractivity contribution in [3.05, 3.63) is 11.4 Å². The molecule has 0 atom stereocenters. The quantitative estimate of drug-likeness (QED) is 0.890. The van der Waals surface area contributed by atoms with Crippen molar-refractivity contribution in [1.82, 2.24) is 9.78 Å². The molecule has 0 aliphatic heterocycles. The number of rotatable bonds is 4. The molecule has 5 nitrogen and oxygen atoms in total. The smallest absolute Gasteiger partial charge is 0.352 e. The van der Waals surface area contributed by atoms with Gasteiger partial charge in [0.2, 0.25) is 0 Å². The van der Waals surface area contributed by atoms with E-state index in [1.54, 1.807) is 18.5 Å². The Morgan fingerprint density at radius 3 is 2.50 bits per heavy atom. The number of carbonyl (C=O) groups is 1. The standard InChI is InChI=1S/C13H19F2N3O2/c1-4-18-9(3)10(8(2)17-18)16-11(19)13(14,15)12(20)6-5-7-12/h20H,4-7H2,1-3H3,(H,16,19). The molecule has 0 bridgehead atoms. The Kier molecular flexibility index (Phi) is 3.58. The van der Waals surface area contributed by atoms with Gasteiger partial charge in [-0.2, -0.15) is 13.9 Å². The zero-order chi connectivity index (χ0) is 15.1. The molecule has 1 aliphatic rings. The van der Waals surface area contributed by atoms with Gasteiger partial charge in [-0.15, -0.1) is 0 Å². The number of hydrogen-bond acceptors (Lipinski definition) is 3. The van der Waals surface area contributed by atoms with Crippen molar-refractivity contribution < 1.29 is 18.7 Å². The largest absolute Gasteiger partial charge is 0.383 e. The molecule has 1 aromatic rings. The molecule has 0 saturated heterocycles. The van der Waals surface area contributed by atoms with Crippen molar-refractivity contribution in [2.24, 2.45) is 0 Å². The molecule has 1 heterocycles. The van der Waals surface area contributed by atoms with Gasteiger partial charge in [0, 0.05) is 6.54 Å². The van der Waals surface area contributed by atoms with E-state index in [-0.39, 0.29) is 12.8 Å². The Balaban J connectivity index is 2.22. The molecule has 2 rings (SSSR count). The predicted molar refractivity (Wildman–Crippen MR) is 69.8 cm³/mol. The Hall–Kier alpha value is -1.50. The van der Waals surface area contributed by atoms with E-state index in [1.807, 2.05) is 6.92 Å². The average molecular weight is 287 g/mol. The molecular formula is C13H19F2N3O2. The topological polar surface area (TPSA) is 67.2 Å². The molecule has 0 unspecified atom stereocenters. The van der Waals surface area contributed by atoms with Crippen LogP contribution >= 0.6 is 0 Å². The van der Waals surface area contributed by atoms with Crippen LogP contribution in [0.25, 0.3) is 0 Å². The number of aliphatic hydroxyl groups is 1. The van der Waals surface area contributed by atoms with Crippen LogP contribution in [-0.4, -0.2) is 32.3 Å². The first-order chi connectivity index (χ1) is 9.23. The lowest BCUT2D eigenvalue weighted by Crippen LogP contribution is -2.59. The summed E-state index contributed by atoms with van der Waals surface area (Å²) in [6.45, 7) is 5.81. The Labute approximate surface area is 116 Å². The maximum absolute atomic E-state index is 14.0. The fourth-order valence-electron chi connectivity index (χ4n) is 2.41. The van der Waals surface area contributed by atoms with Gasteiger partial charge in [-0.05, 0) is 40.0 Å². The van der Waals surface area contributed by atoms with Gasteiger partial charge in [-0.3, -0.25) is 9.48 Å². The van der Waals surface area contributed by atoms with Gasteiger partial charge in [0.05, 0.1) is 17.1 Å². The summed E-state index contributed by atoms with van der Waals surface area (Å²) in [6.07, 6.45) is 0.393. The molecule has 1 aromatic heterocycles. The highest BCUT2D eigenvalue weighted by molar-refractivity contribution is 5.98. The van der Waals surface area contributed by atoms with E-state index in [1.165, 1.54) is 0 Å². The number of amides is 1. The van der Waals surface area contributed by atoms with Crippen molar-refractivity contribution in [2.45, 2.75) is 58.1 Å². The lowest BCUT2D eigenvalue weighted by atomic mass is 9.75. The molecule has 1 amide bonds. The minimum atomic E-state index is -3.79. The molecule has 0 spiro atoms. The van der Waals surface area contributed by atoms with E-state index in [4.69, 9.17) is 0 Å². The third kappa shape index (κ3) is 2.09. The van der Waals surface area contributed by atoms with Gasteiger partial charge < -0.3 is 10.4 Å². The number of aromatic nitrogens is 2. The zero-order valence-corrected chi connectivity index (χ0v) is 11.8. The van der Waals surface area contributed by atoms with E-state index in [9.17, 15) is 18.7 Å². The molecule has 1 fully saturated rings. The van der Waals surface area contributed by atoms with Crippen molar-refractivity contribution in [3.8, 4) is 0 Å². The van der Waals surface area contributed by atoms with Crippen LogP contribution in [0.15, 0.2) is 0 Å². The molecule has 0 aromatic carbocycles. The number of aryl methyl sites for hydroxylation is 2. The monoisotopic (exact) mass is 287 g/mol. The summed E-state index contributed by atoms with van der Waals surface area (Å²) >= 11 is 0. The van der Waals surface area contributed by atoms with Crippen LogP contribution in [0.5, 0.6) is 0 Å². The fraction of sp³-hybridized carbons (Fsp3) is 0.692. The number of alkyl halides is 2. The van der Waals surface area contributed by atoms with E-state index < -0.39 is 17.4 Å². The molecule has 7 heteroatoms. The third-order valence-electron chi connectivity index (χ3n) is 3.97. The lowest BCUT2D eigenvalue weighted by Gasteiger charge is -2.41. The first-order valence-corrected chi connectivity index (χ1v) is 6.68. The molecule has 1 saturated carbocycles. The Morgan fingerprint density at radius 1 is 1.50 bits per heavy atom. The third-order valence-corrected chi connectivity index (χ3v) is 3.97. The summed E-state index contributed by atoms with van der Waals surface area (Å²) < 4.78 is 29.6. The number of nitrogens with one attached hydrogen (secondary N) is 1. The first kappa shape index (κ1) is 14.9. The second kappa shape index (κ2) is 4.80. The molecule has 20 heavy (non-hydrogen) atoms. The lowest BCUT2D eigenvalue weighted by molar-refractivity contribution is -0.212. The zero-order valence-electron chi connectivity index (χ0n) is 11.8. The van der Waals surface area contributed by atoms with Gasteiger partial charge in [-0.1, -0.05) is 0 Å². The van der Waals surface area contributed by atoms with Crippen LogP contribution in [0.4, 0.5) is 14.5 Å². The van der Waals surface area contributed by atoms with Crippen LogP contribution in [0.3, 0.4) is 0 Å². The van der Waals surface area contributed by atoms with E-state index in [0.29, 0.717) is 30.0 Å². The second-order valence-corrected chi connectivity index (χ2v) is 5.28. The Bertz CT molecular complexity index is 536. The van der Waals surface area contributed by atoms with Crippen LogP contribution in [-0.2, 0) is 11.3 Å². The number of anilines is 1. The van der Waals surface area contributed by atoms with E-state index >= 15 is 0 Å². The highest BCUT2D eigenvalue weighted by Gasteiger charge is 2.61. The van der Waals surface area contributed by atoms with Gasteiger partial charge in [0.1, 0.15) is 5.60 Å². The molecule has 112 valence electrons. The number of nitrogens with zero attached hydrogens (tertiary/aromatic N) is 2. The van der Waals surface area contributed by atoms with Crippen LogP contribution in [0.2, 0.25) is 0 Å². The molecule has 1 aliphatic carbocycles. The summed E-state index contributed by atoms with van der Waals surface area (Å²) in [5.41, 5.74) is -0.817. The van der Waals surface area contributed by atoms with Gasteiger partial charge in [0.25, 0.3) is 5.91 Å². The van der Waals surface area contributed by atoms with Crippen LogP contribution < -0.4 is 5.32 Å². The summed E-state index contributed by atoms with van der Waals surface area (Å²) in [7, 11) is 0. The van der Waals surface area contributed by atoms with E-state index in [0.717, 1.165) is 0 Å². The van der Waals surface area contributed by atoms with Crippen LogP contribution in [0, 0.1) is 13.8 Å². The molecular weight excluding hydrogens is 268 g/mol. The normalized spacial score (nSPS) is 17.7. The number of halogens is 2. The summed E-state index contributed by atoms with van der Waals surface area (Å²) in [5.74, 6) is -5.26. The minimum Gasteiger partial charge on any atom is -0.383 e. The Morgan fingerprint density at radius 2 is 2.10 bits per heavy atom. The summed E-state index contributed by atoms with van der Waals surface area (Å²) in [6, 6.07) is 0. The summed E-state index contributed by atoms with van der Waals surface area (Å²) in [4.78, 5) is 11.8. The maximum atomic E-state index is 14.0. The van der Waals surface area contributed by atoms with Crippen LogP contribution in [0.1, 0.15) is 37.6 Å².